The average Bonchev–Trinajstić information content (AvgIpc) is 3.22. The summed E-state index contributed by atoms with van der Waals surface area (Å²) in [6, 6.07) is 0. The van der Waals surface area contributed by atoms with Gasteiger partial charge in [0.25, 0.3) is 0 Å². The summed E-state index contributed by atoms with van der Waals surface area (Å²) in [6.07, 6.45) is 3.16. The van der Waals surface area contributed by atoms with Gasteiger partial charge in [0.2, 0.25) is 11.8 Å². The maximum absolute atomic E-state index is 12.7. The summed E-state index contributed by atoms with van der Waals surface area (Å²) in [5, 5.41) is 2.84. The molecule has 0 bridgehead atoms. The fourth-order valence-electron chi connectivity index (χ4n) is 3.56. The lowest BCUT2D eigenvalue weighted by Crippen LogP contribution is -2.62. The predicted octanol–water partition coefficient (Wildman–Crippen LogP) is 0.786. The van der Waals surface area contributed by atoms with Crippen molar-refractivity contribution >= 4 is 11.8 Å². The number of hydrogen-bond donors (Lipinski definition) is 1. The van der Waals surface area contributed by atoms with Gasteiger partial charge in [-0.05, 0) is 44.9 Å². The summed E-state index contributed by atoms with van der Waals surface area (Å²) in [4.78, 5) is 26.0. The highest BCUT2D eigenvalue weighted by molar-refractivity contribution is 5.89. The van der Waals surface area contributed by atoms with Crippen LogP contribution in [0.5, 0.6) is 0 Å². The monoisotopic (exact) mass is 280 g/mol. The standard InChI is InChI=1S/C15H24N2O3/c1-15(2)9-16-13(18)8-17(15)14(19)12-7-11(12)10-3-5-20-6-4-10/h10-12H,3-9H2,1-2H3,(H,16,18)/t11-,12+/m0/s1. The first-order chi connectivity index (χ1) is 9.49. The zero-order valence-corrected chi connectivity index (χ0v) is 12.4. The average molecular weight is 280 g/mol. The first kappa shape index (κ1) is 13.9. The molecule has 3 fully saturated rings. The van der Waals surface area contributed by atoms with E-state index in [1.807, 2.05) is 13.8 Å². The van der Waals surface area contributed by atoms with Crippen LogP contribution >= 0.6 is 0 Å². The first-order valence-corrected chi connectivity index (χ1v) is 7.65. The molecule has 2 atom stereocenters. The Morgan fingerprint density at radius 3 is 2.75 bits per heavy atom. The normalized spacial score (nSPS) is 33.7. The molecule has 0 radical (unpaired) electrons. The van der Waals surface area contributed by atoms with Crippen molar-refractivity contribution in [3.05, 3.63) is 0 Å². The van der Waals surface area contributed by atoms with Gasteiger partial charge in [-0.1, -0.05) is 0 Å². The molecule has 0 aromatic heterocycles. The fourth-order valence-corrected chi connectivity index (χ4v) is 3.56. The summed E-state index contributed by atoms with van der Waals surface area (Å²) >= 11 is 0. The molecule has 0 aromatic rings. The minimum Gasteiger partial charge on any atom is -0.381 e. The van der Waals surface area contributed by atoms with E-state index in [1.165, 1.54) is 0 Å². The highest BCUT2D eigenvalue weighted by Crippen LogP contribution is 2.49. The Morgan fingerprint density at radius 2 is 2.05 bits per heavy atom. The maximum atomic E-state index is 12.7. The van der Waals surface area contributed by atoms with E-state index >= 15 is 0 Å². The molecule has 1 N–H and O–H groups in total. The molecule has 3 aliphatic rings. The van der Waals surface area contributed by atoms with Crippen LogP contribution in [0.25, 0.3) is 0 Å². The zero-order chi connectivity index (χ0) is 14.3. The SMILES string of the molecule is CC1(C)CNC(=O)CN1C(=O)[C@@H]1C[C@H]1C1CCOCC1. The summed E-state index contributed by atoms with van der Waals surface area (Å²) in [6.45, 7) is 6.47. The van der Waals surface area contributed by atoms with Crippen molar-refractivity contribution in [1.29, 1.82) is 0 Å². The Hall–Kier alpha value is -1.10. The third-order valence-corrected chi connectivity index (χ3v) is 5.05. The molecule has 2 aliphatic heterocycles. The third kappa shape index (κ3) is 2.55. The van der Waals surface area contributed by atoms with Gasteiger partial charge in [0.15, 0.2) is 0 Å². The van der Waals surface area contributed by atoms with Crippen molar-refractivity contribution in [3.8, 4) is 0 Å². The van der Waals surface area contributed by atoms with E-state index in [0.717, 1.165) is 32.5 Å². The third-order valence-electron chi connectivity index (χ3n) is 5.05. The van der Waals surface area contributed by atoms with Gasteiger partial charge >= 0.3 is 0 Å². The number of carbonyl (C=O) groups excluding carboxylic acids is 2. The van der Waals surface area contributed by atoms with Crippen LogP contribution in [0.1, 0.15) is 33.1 Å². The minimum absolute atomic E-state index is 0.0408. The molecule has 20 heavy (non-hydrogen) atoms. The lowest BCUT2D eigenvalue weighted by Gasteiger charge is -2.42. The Kier molecular flexibility index (Phi) is 3.48. The van der Waals surface area contributed by atoms with Gasteiger partial charge in [0.05, 0.1) is 5.54 Å². The van der Waals surface area contributed by atoms with Gasteiger partial charge in [0, 0.05) is 25.7 Å². The second kappa shape index (κ2) is 5.02. The van der Waals surface area contributed by atoms with Crippen molar-refractivity contribution < 1.29 is 14.3 Å². The molecule has 2 heterocycles. The van der Waals surface area contributed by atoms with Gasteiger partial charge in [0.1, 0.15) is 6.54 Å². The molecule has 1 saturated carbocycles. The maximum Gasteiger partial charge on any atom is 0.239 e. The topological polar surface area (TPSA) is 58.6 Å². The number of piperazine rings is 1. The summed E-state index contributed by atoms with van der Waals surface area (Å²) in [7, 11) is 0. The van der Waals surface area contributed by atoms with E-state index in [-0.39, 0.29) is 29.8 Å². The van der Waals surface area contributed by atoms with Crippen LogP contribution in [-0.2, 0) is 14.3 Å². The number of nitrogens with zero attached hydrogens (tertiary/aromatic N) is 1. The molecule has 2 amide bonds. The molecule has 1 aliphatic carbocycles. The van der Waals surface area contributed by atoms with Gasteiger partial charge in [-0.25, -0.2) is 0 Å². The van der Waals surface area contributed by atoms with Crippen molar-refractivity contribution in [3.63, 3.8) is 0 Å². The van der Waals surface area contributed by atoms with Crippen LogP contribution in [0.3, 0.4) is 0 Å². The lowest BCUT2D eigenvalue weighted by atomic mass is 9.92. The molecule has 2 saturated heterocycles. The zero-order valence-electron chi connectivity index (χ0n) is 12.4. The Morgan fingerprint density at radius 1 is 1.35 bits per heavy atom. The quantitative estimate of drug-likeness (QED) is 0.813. The Labute approximate surface area is 120 Å². The summed E-state index contributed by atoms with van der Waals surface area (Å²) in [5.74, 6) is 1.44. The molecule has 5 nitrogen and oxygen atoms in total. The van der Waals surface area contributed by atoms with E-state index < -0.39 is 0 Å². The Balaban J connectivity index is 1.63. The molecule has 112 valence electrons. The second-order valence-electron chi connectivity index (χ2n) is 6.97. The number of amides is 2. The van der Waals surface area contributed by atoms with Crippen molar-refractivity contribution in [2.75, 3.05) is 26.3 Å². The summed E-state index contributed by atoms with van der Waals surface area (Å²) in [5.41, 5.74) is -0.270. The largest absolute Gasteiger partial charge is 0.381 e. The van der Waals surface area contributed by atoms with Crippen LogP contribution < -0.4 is 5.32 Å². The Bertz CT molecular complexity index is 415. The van der Waals surface area contributed by atoms with Crippen LogP contribution in [0.4, 0.5) is 0 Å². The van der Waals surface area contributed by atoms with E-state index in [9.17, 15) is 9.59 Å². The van der Waals surface area contributed by atoms with E-state index in [0.29, 0.717) is 18.4 Å². The lowest BCUT2D eigenvalue weighted by molar-refractivity contribution is -0.146. The number of carbonyl (C=O) groups is 2. The molecular weight excluding hydrogens is 256 g/mol. The van der Waals surface area contributed by atoms with Crippen LogP contribution in [-0.4, -0.2) is 48.6 Å². The molecule has 0 aromatic carbocycles. The molecule has 5 heteroatoms. The van der Waals surface area contributed by atoms with E-state index in [2.05, 4.69) is 5.32 Å². The van der Waals surface area contributed by atoms with Crippen molar-refractivity contribution in [1.82, 2.24) is 10.2 Å². The molecule has 3 rings (SSSR count). The van der Waals surface area contributed by atoms with Crippen LogP contribution in [0.2, 0.25) is 0 Å². The summed E-state index contributed by atoms with van der Waals surface area (Å²) < 4.78 is 5.39. The van der Waals surface area contributed by atoms with E-state index in [1.54, 1.807) is 4.90 Å². The number of nitrogens with one attached hydrogen (secondary N) is 1. The van der Waals surface area contributed by atoms with Crippen LogP contribution in [0, 0.1) is 17.8 Å². The molecular formula is C15H24N2O3. The van der Waals surface area contributed by atoms with Crippen LogP contribution in [0.15, 0.2) is 0 Å². The van der Waals surface area contributed by atoms with Gasteiger partial charge in [-0.3, -0.25) is 9.59 Å². The minimum atomic E-state index is -0.270. The second-order valence-corrected chi connectivity index (χ2v) is 6.97. The fraction of sp³-hybridized carbons (Fsp3) is 0.867. The van der Waals surface area contributed by atoms with Crippen molar-refractivity contribution in [2.24, 2.45) is 17.8 Å². The molecule has 0 spiro atoms. The predicted molar refractivity (Wildman–Crippen MR) is 73.9 cm³/mol. The number of ether oxygens (including phenoxy) is 1. The number of hydrogen-bond acceptors (Lipinski definition) is 3. The first-order valence-electron chi connectivity index (χ1n) is 7.65. The van der Waals surface area contributed by atoms with E-state index in [4.69, 9.17) is 4.74 Å². The van der Waals surface area contributed by atoms with Gasteiger partial charge in [-0.15, -0.1) is 0 Å². The smallest absolute Gasteiger partial charge is 0.239 e. The van der Waals surface area contributed by atoms with Crippen molar-refractivity contribution in [2.45, 2.75) is 38.6 Å². The highest BCUT2D eigenvalue weighted by Gasteiger charge is 2.51. The number of rotatable bonds is 2. The van der Waals surface area contributed by atoms with Gasteiger partial charge in [-0.2, -0.15) is 0 Å². The highest BCUT2D eigenvalue weighted by atomic mass is 16.5. The molecule has 0 unspecified atom stereocenters. The van der Waals surface area contributed by atoms with Gasteiger partial charge < -0.3 is 15.0 Å².